The molecule has 0 saturated heterocycles. The number of aliphatic hydroxyl groups excluding tert-OH is 1. The van der Waals surface area contributed by atoms with E-state index in [-0.39, 0.29) is 18.4 Å². The van der Waals surface area contributed by atoms with Crippen LogP contribution in [-0.2, 0) is 6.42 Å². The van der Waals surface area contributed by atoms with Crippen LogP contribution in [0.25, 0.3) is 11.1 Å². The SMILES string of the molecule is O=c1cc(CCCO)c2c(=O)[nH]c(C(F)F)nc2o1. The molecule has 19 heavy (non-hydrogen) atoms. The average molecular weight is 272 g/mol. The maximum Gasteiger partial charge on any atom is 0.337 e. The van der Waals surface area contributed by atoms with Gasteiger partial charge in [0.1, 0.15) is 5.39 Å². The zero-order chi connectivity index (χ0) is 14.0. The fourth-order valence-electron chi connectivity index (χ4n) is 1.74. The summed E-state index contributed by atoms with van der Waals surface area (Å²) >= 11 is 0. The third-order valence-electron chi connectivity index (χ3n) is 2.53. The number of rotatable bonds is 4. The molecule has 0 radical (unpaired) electrons. The van der Waals surface area contributed by atoms with E-state index in [2.05, 4.69) is 9.40 Å². The molecule has 0 unspecified atom stereocenters. The molecular formula is C11H10F2N2O4. The van der Waals surface area contributed by atoms with Gasteiger partial charge in [0.25, 0.3) is 12.0 Å². The zero-order valence-electron chi connectivity index (χ0n) is 9.65. The van der Waals surface area contributed by atoms with E-state index in [0.29, 0.717) is 12.0 Å². The zero-order valence-corrected chi connectivity index (χ0v) is 9.65. The largest absolute Gasteiger partial charge is 0.403 e. The van der Waals surface area contributed by atoms with Crippen molar-refractivity contribution in [2.45, 2.75) is 19.3 Å². The lowest BCUT2D eigenvalue weighted by molar-refractivity contribution is 0.140. The van der Waals surface area contributed by atoms with E-state index in [1.54, 1.807) is 0 Å². The first-order chi connectivity index (χ1) is 9.02. The highest BCUT2D eigenvalue weighted by atomic mass is 19.3. The predicted octanol–water partition coefficient (Wildman–Crippen LogP) is 0.739. The van der Waals surface area contributed by atoms with E-state index >= 15 is 0 Å². The van der Waals surface area contributed by atoms with Crippen LogP contribution in [0, 0.1) is 0 Å². The van der Waals surface area contributed by atoms with Crippen molar-refractivity contribution in [1.82, 2.24) is 9.97 Å². The van der Waals surface area contributed by atoms with Crippen LogP contribution in [-0.4, -0.2) is 21.7 Å². The molecule has 0 aliphatic rings. The molecule has 102 valence electrons. The standard InChI is InChI=1S/C11H10F2N2O4/c12-8(13)9-14-10(18)7-5(2-1-3-16)4-6(17)19-11(7)15-9/h4,8,16H,1-3H2,(H,14,15,18). The number of aryl methyl sites for hydroxylation is 1. The van der Waals surface area contributed by atoms with Crippen LogP contribution in [0.4, 0.5) is 8.78 Å². The van der Waals surface area contributed by atoms with Crippen LogP contribution < -0.4 is 11.2 Å². The van der Waals surface area contributed by atoms with Crippen molar-refractivity contribution in [2.24, 2.45) is 0 Å². The van der Waals surface area contributed by atoms with Crippen LogP contribution >= 0.6 is 0 Å². The minimum atomic E-state index is -2.97. The lowest BCUT2D eigenvalue weighted by Gasteiger charge is -2.04. The monoisotopic (exact) mass is 272 g/mol. The summed E-state index contributed by atoms with van der Waals surface area (Å²) in [6.45, 7) is -0.123. The first kappa shape index (κ1) is 13.3. The summed E-state index contributed by atoms with van der Waals surface area (Å²) in [6.07, 6.45) is -2.39. The number of H-pyrrole nitrogens is 1. The van der Waals surface area contributed by atoms with Crippen LogP contribution in [0.5, 0.6) is 0 Å². The molecule has 2 heterocycles. The second-order valence-electron chi connectivity index (χ2n) is 3.85. The Balaban J connectivity index is 2.71. The number of hydrogen-bond donors (Lipinski definition) is 2. The van der Waals surface area contributed by atoms with Crippen molar-refractivity contribution < 1.29 is 18.3 Å². The Morgan fingerprint density at radius 1 is 1.42 bits per heavy atom. The Bertz CT molecular complexity index is 708. The molecule has 0 amide bonds. The van der Waals surface area contributed by atoms with E-state index in [0.717, 1.165) is 6.07 Å². The Kier molecular flexibility index (Phi) is 3.70. The fourth-order valence-corrected chi connectivity index (χ4v) is 1.74. The highest BCUT2D eigenvalue weighted by Crippen LogP contribution is 2.17. The van der Waals surface area contributed by atoms with Crippen LogP contribution in [0.3, 0.4) is 0 Å². The molecule has 0 aliphatic heterocycles. The molecule has 2 aromatic heterocycles. The molecule has 2 rings (SSSR count). The molecule has 2 aromatic rings. The third-order valence-corrected chi connectivity index (χ3v) is 2.53. The van der Waals surface area contributed by atoms with Gasteiger partial charge in [-0.1, -0.05) is 0 Å². The van der Waals surface area contributed by atoms with Crippen LogP contribution in [0.15, 0.2) is 20.1 Å². The average Bonchev–Trinajstić information content (AvgIpc) is 2.34. The Morgan fingerprint density at radius 2 is 2.16 bits per heavy atom. The quantitative estimate of drug-likeness (QED) is 0.855. The maximum absolute atomic E-state index is 12.5. The third kappa shape index (κ3) is 2.68. The number of nitrogens with zero attached hydrogens (tertiary/aromatic N) is 1. The summed E-state index contributed by atoms with van der Waals surface area (Å²) < 4.78 is 29.7. The van der Waals surface area contributed by atoms with Crippen molar-refractivity contribution in [3.63, 3.8) is 0 Å². The number of aliphatic hydroxyl groups is 1. The van der Waals surface area contributed by atoms with E-state index in [1.807, 2.05) is 4.98 Å². The number of aromatic nitrogens is 2. The summed E-state index contributed by atoms with van der Waals surface area (Å²) in [6, 6.07) is 1.09. The van der Waals surface area contributed by atoms with E-state index in [1.165, 1.54) is 0 Å². The topological polar surface area (TPSA) is 96.2 Å². The normalized spacial score (nSPS) is 11.4. The lowest BCUT2D eigenvalue weighted by atomic mass is 10.1. The second kappa shape index (κ2) is 5.27. The van der Waals surface area contributed by atoms with Gasteiger partial charge >= 0.3 is 5.63 Å². The highest BCUT2D eigenvalue weighted by Gasteiger charge is 2.16. The molecule has 0 fully saturated rings. The number of halogens is 2. The number of nitrogens with one attached hydrogen (secondary N) is 1. The van der Waals surface area contributed by atoms with E-state index in [4.69, 9.17) is 5.11 Å². The molecule has 2 N–H and O–H groups in total. The van der Waals surface area contributed by atoms with Gasteiger partial charge < -0.3 is 14.5 Å². The summed E-state index contributed by atoms with van der Waals surface area (Å²) in [5, 5.41) is 8.71. The van der Waals surface area contributed by atoms with Crippen molar-refractivity contribution in [1.29, 1.82) is 0 Å². The second-order valence-corrected chi connectivity index (χ2v) is 3.85. The minimum absolute atomic E-state index is 0.0440. The molecule has 0 saturated carbocycles. The first-order valence-corrected chi connectivity index (χ1v) is 5.49. The number of alkyl halides is 2. The Hall–Kier alpha value is -2.09. The molecule has 0 atom stereocenters. The smallest absolute Gasteiger partial charge is 0.337 e. The van der Waals surface area contributed by atoms with Gasteiger partial charge in [-0.15, -0.1) is 0 Å². The van der Waals surface area contributed by atoms with Gasteiger partial charge in [0.05, 0.1) is 0 Å². The first-order valence-electron chi connectivity index (χ1n) is 5.49. The summed E-state index contributed by atoms with van der Waals surface area (Å²) in [7, 11) is 0. The van der Waals surface area contributed by atoms with Gasteiger partial charge in [0.2, 0.25) is 5.71 Å². The maximum atomic E-state index is 12.5. The van der Waals surface area contributed by atoms with Crippen molar-refractivity contribution >= 4 is 11.1 Å². The highest BCUT2D eigenvalue weighted by molar-refractivity contribution is 5.75. The minimum Gasteiger partial charge on any atom is -0.403 e. The van der Waals surface area contributed by atoms with Crippen LogP contribution in [0.2, 0.25) is 0 Å². The summed E-state index contributed by atoms with van der Waals surface area (Å²) in [5.74, 6) is -0.847. The Labute approximate surface area is 104 Å². The van der Waals surface area contributed by atoms with Gasteiger partial charge in [-0.2, -0.15) is 4.98 Å². The van der Waals surface area contributed by atoms with Crippen molar-refractivity contribution in [3.05, 3.63) is 38.2 Å². The molecule has 8 heteroatoms. The van der Waals surface area contributed by atoms with E-state index < -0.39 is 29.1 Å². The van der Waals surface area contributed by atoms with Gasteiger partial charge in [0.15, 0.2) is 5.82 Å². The summed E-state index contributed by atoms with van der Waals surface area (Å²) in [5.41, 5.74) is -1.68. The van der Waals surface area contributed by atoms with Crippen molar-refractivity contribution in [3.8, 4) is 0 Å². The molecule has 0 spiro atoms. The predicted molar refractivity (Wildman–Crippen MR) is 61.3 cm³/mol. The summed E-state index contributed by atoms with van der Waals surface area (Å²) in [4.78, 5) is 28.4. The molecule has 6 nitrogen and oxygen atoms in total. The Morgan fingerprint density at radius 3 is 2.79 bits per heavy atom. The van der Waals surface area contributed by atoms with Gasteiger partial charge in [-0.25, -0.2) is 13.6 Å². The lowest BCUT2D eigenvalue weighted by Crippen LogP contribution is -2.16. The molecule has 0 bridgehead atoms. The number of fused-ring (bicyclic) bond motifs is 1. The number of aromatic amines is 1. The van der Waals surface area contributed by atoms with Crippen molar-refractivity contribution in [2.75, 3.05) is 6.61 Å². The van der Waals surface area contributed by atoms with Crippen LogP contribution in [0.1, 0.15) is 24.2 Å². The van der Waals surface area contributed by atoms with Gasteiger partial charge in [0, 0.05) is 12.7 Å². The van der Waals surface area contributed by atoms with Gasteiger partial charge in [-0.3, -0.25) is 4.79 Å². The number of hydrogen-bond acceptors (Lipinski definition) is 5. The van der Waals surface area contributed by atoms with E-state index in [9.17, 15) is 18.4 Å². The van der Waals surface area contributed by atoms with Gasteiger partial charge in [-0.05, 0) is 18.4 Å². The molecular weight excluding hydrogens is 262 g/mol. The molecule has 0 aromatic carbocycles. The fraction of sp³-hybridized carbons (Fsp3) is 0.364. The molecule has 0 aliphatic carbocycles.